The van der Waals surface area contributed by atoms with Gasteiger partial charge >= 0.3 is 5.97 Å². The number of benzene rings is 2. The highest BCUT2D eigenvalue weighted by Gasteiger charge is 2.34. The molecule has 0 saturated carbocycles. The molecule has 1 heterocycles. The average Bonchev–Trinajstić information content (AvgIpc) is 2.91. The molecule has 1 aliphatic heterocycles. The molecule has 0 spiro atoms. The standard InChI is InChI=1S/C22H21NO5/c1-22(2,3)18(24)13-28-21(27)15-10-8-14(9-11-15)12-23-19(25)16-6-4-5-7-17(16)20(23)26/h4-11H,12-13H2,1-3H3. The Morgan fingerprint density at radius 1 is 0.893 bits per heavy atom. The van der Waals surface area contributed by atoms with E-state index in [1.54, 1.807) is 69.3 Å². The van der Waals surface area contributed by atoms with E-state index in [0.29, 0.717) is 22.3 Å². The van der Waals surface area contributed by atoms with Crippen molar-refractivity contribution in [1.82, 2.24) is 4.90 Å². The summed E-state index contributed by atoms with van der Waals surface area (Å²) in [5.74, 6) is -1.41. The maximum absolute atomic E-state index is 12.4. The zero-order chi connectivity index (χ0) is 20.5. The van der Waals surface area contributed by atoms with Crippen molar-refractivity contribution in [2.24, 2.45) is 5.41 Å². The number of carbonyl (C=O) groups is 4. The monoisotopic (exact) mass is 379 g/mol. The topological polar surface area (TPSA) is 80.8 Å². The van der Waals surface area contributed by atoms with Crippen molar-refractivity contribution in [3.05, 3.63) is 70.8 Å². The van der Waals surface area contributed by atoms with E-state index in [4.69, 9.17) is 4.74 Å². The second-order valence-electron chi connectivity index (χ2n) is 7.69. The van der Waals surface area contributed by atoms with Gasteiger partial charge in [-0.1, -0.05) is 45.0 Å². The normalized spacial score (nSPS) is 13.5. The molecule has 0 N–H and O–H groups in total. The Morgan fingerprint density at radius 2 is 1.43 bits per heavy atom. The van der Waals surface area contributed by atoms with E-state index in [1.807, 2.05) is 0 Å². The van der Waals surface area contributed by atoms with Gasteiger partial charge in [-0.15, -0.1) is 0 Å². The Bertz CT molecular complexity index is 919. The summed E-state index contributed by atoms with van der Waals surface area (Å²) in [5, 5.41) is 0. The molecule has 1 aliphatic rings. The van der Waals surface area contributed by atoms with Gasteiger partial charge in [0, 0.05) is 5.41 Å². The molecule has 0 saturated heterocycles. The van der Waals surface area contributed by atoms with Crippen molar-refractivity contribution in [2.45, 2.75) is 27.3 Å². The first kappa shape index (κ1) is 19.5. The van der Waals surface area contributed by atoms with Crippen LogP contribution in [-0.2, 0) is 16.1 Å². The number of nitrogens with zero attached hydrogens (tertiary/aromatic N) is 1. The SMILES string of the molecule is CC(C)(C)C(=O)COC(=O)c1ccc(CN2C(=O)c3ccccc3C2=O)cc1. The molecule has 0 fully saturated rings. The predicted octanol–water partition coefficient (Wildman–Crippen LogP) is 3.25. The number of hydrogen-bond acceptors (Lipinski definition) is 5. The van der Waals surface area contributed by atoms with Crippen LogP contribution in [0.1, 0.15) is 57.4 Å². The van der Waals surface area contributed by atoms with E-state index in [-0.39, 0.29) is 30.7 Å². The first-order valence-electron chi connectivity index (χ1n) is 8.93. The summed E-state index contributed by atoms with van der Waals surface area (Å²) >= 11 is 0. The Morgan fingerprint density at radius 3 is 1.93 bits per heavy atom. The average molecular weight is 379 g/mol. The molecule has 0 radical (unpaired) electrons. The zero-order valence-electron chi connectivity index (χ0n) is 16.0. The molecule has 0 aromatic heterocycles. The minimum Gasteiger partial charge on any atom is -0.454 e. The van der Waals surface area contributed by atoms with E-state index < -0.39 is 11.4 Å². The van der Waals surface area contributed by atoms with Crippen LogP contribution >= 0.6 is 0 Å². The maximum Gasteiger partial charge on any atom is 0.338 e. The van der Waals surface area contributed by atoms with Crippen LogP contribution in [0.15, 0.2) is 48.5 Å². The number of ketones is 1. The molecule has 6 nitrogen and oxygen atoms in total. The van der Waals surface area contributed by atoms with E-state index in [1.165, 1.54) is 4.90 Å². The molecule has 2 aromatic carbocycles. The maximum atomic E-state index is 12.4. The van der Waals surface area contributed by atoms with Gasteiger partial charge in [-0.3, -0.25) is 19.3 Å². The molecule has 144 valence electrons. The van der Waals surface area contributed by atoms with Crippen molar-refractivity contribution in [1.29, 1.82) is 0 Å². The van der Waals surface area contributed by atoms with Crippen LogP contribution in [-0.4, -0.2) is 35.1 Å². The first-order chi connectivity index (χ1) is 13.2. The van der Waals surface area contributed by atoms with Crippen LogP contribution in [0.3, 0.4) is 0 Å². The molecule has 2 aromatic rings. The lowest BCUT2D eigenvalue weighted by atomic mass is 9.91. The largest absolute Gasteiger partial charge is 0.454 e. The fourth-order valence-electron chi connectivity index (χ4n) is 2.74. The van der Waals surface area contributed by atoms with Gasteiger partial charge in [0.25, 0.3) is 11.8 Å². The van der Waals surface area contributed by atoms with Gasteiger partial charge in [0.2, 0.25) is 0 Å². The summed E-state index contributed by atoms with van der Waals surface area (Å²) in [6.07, 6.45) is 0. The van der Waals surface area contributed by atoms with Gasteiger partial charge in [0.1, 0.15) is 0 Å². The molecule has 0 aliphatic carbocycles. The Labute approximate surface area is 163 Å². The number of esters is 1. The van der Waals surface area contributed by atoms with Crippen LogP contribution in [0.5, 0.6) is 0 Å². The van der Waals surface area contributed by atoms with Gasteiger partial charge in [0.05, 0.1) is 23.2 Å². The highest BCUT2D eigenvalue weighted by atomic mass is 16.5. The minimum atomic E-state index is -0.593. The van der Waals surface area contributed by atoms with Gasteiger partial charge in [-0.2, -0.15) is 0 Å². The molecule has 0 atom stereocenters. The lowest BCUT2D eigenvalue weighted by molar-refractivity contribution is -0.129. The van der Waals surface area contributed by atoms with Crippen molar-refractivity contribution in [2.75, 3.05) is 6.61 Å². The lowest BCUT2D eigenvalue weighted by Gasteiger charge is -2.16. The second-order valence-corrected chi connectivity index (χ2v) is 7.69. The molecule has 6 heteroatoms. The number of carbonyl (C=O) groups excluding carboxylic acids is 4. The number of imide groups is 1. The van der Waals surface area contributed by atoms with Crippen LogP contribution in [0.4, 0.5) is 0 Å². The number of Topliss-reactive ketones (excluding diaryl/α,β-unsaturated/α-hetero) is 1. The number of hydrogen-bond donors (Lipinski definition) is 0. The molecule has 28 heavy (non-hydrogen) atoms. The third-order valence-corrected chi connectivity index (χ3v) is 4.58. The summed E-state index contributed by atoms with van der Waals surface area (Å²) in [5.41, 5.74) is 1.23. The molecule has 0 bridgehead atoms. The van der Waals surface area contributed by atoms with E-state index in [0.717, 1.165) is 0 Å². The van der Waals surface area contributed by atoms with Crippen LogP contribution in [0.2, 0.25) is 0 Å². The molecule has 3 rings (SSSR count). The molecular formula is C22H21NO5. The van der Waals surface area contributed by atoms with Crippen molar-refractivity contribution in [3.63, 3.8) is 0 Å². The van der Waals surface area contributed by atoms with E-state index in [2.05, 4.69) is 0 Å². The summed E-state index contributed by atoms with van der Waals surface area (Å²) in [4.78, 5) is 50.0. The van der Waals surface area contributed by atoms with Crippen molar-refractivity contribution < 1.29 is 23.9 Å². The third kappa shape index (κ3) is 3.86. The van der Waals surface area contributed by atoms with Crippen LogP contribution in [0.25, 0.3) is 0 Å². The number of rotatable bonds is 5. The molecule has 0 unspecified atom stereocenters. The first-order valence-corrected chi connectivity index (χ1v) is 8.93. The zero-order valence-corrected chi connectivity index (χ0v) is 16.0. The summed E-state index contributed by atoms with van der Waals surface area (Å²) in [7, 11) is 0. The molecular weight excluding hydrogens is 358 g/mol. The lowest BCUT2D eigenvalue weighted by Crippen LogP contribution is -2.29. The quantitative estimate of drug-likeness (QED) is 0.588. The number of fused-ring (bicyclic) bond motifs is 1. The highest BCUT2D eigenvalue weighted by Crippen LogP contribution is 2.24. The van der Waals surface area contributed by atoms with E-state index in [9.17, 15) is 19.2 Å². The Hall–Kier alpha value is -3.28. The highest BCUT2D eigenvalue weighted by molar-refractivity contribution is 6.21. The summed E-state index contributed by atoms with van der Waals surface area (Å²) < 4.78 is 5.06. The van der Waals surface area contributed by atoms with Gasteiger partial charge in [0.15, 0.2) is 12.4 Å². The fourth-order valence-corrected chi connectivity index (χ4v) is 2.74. The molecule has 2 amide bonds. The van der Waals surface area contributed by atoms with Crippen molar-refractivity contribution in [3.8, 4) is 0 Å². The van der Waals surface area contributed by atoms with Gasteiger partial charge < -0.3 is 4.74 Å². The van der Waals surface area contributed by atoms with Crippen LogP contribution in [0, 0.1) is 5.41 Å². The van der Waals surface area contributed by atoms with E-state index >= 15 is 0 Å². The summed E-state index contributed by atoms with van der Waals surface area (Å²) in [6.45, 7) is 5.12. The Kier molecular flexibility index (Phi) is 5.14. The number of ether oxygens (including phenoxy) is 1. The van der Waals surface area contributed by atoms with Crippen molar-refractivity contribution >= 4 is 23.6 Å². The summed E-state index contributed by atoms with van der Waals surface area (Å²) in [6, 6.07) is 13.1. The smallest absolute Gasteiger partial charge is 0.338 e. The fraction of sp³-hybridized carbons (Fsp3) is 0.273. The minimum absolute atomic E-state index is 0.115. The third-order valence-electron chi connectivity index (χ3n) is 4.58. The van der Waals surface area contributed by atoms with Crippen LogP contribution < -0.4 is 0 Å². The Balaban J connectivity index is 1.64. The predicted molar refractivity (Wildman–Crippen MR) is 102 cm³/mol. The van der Waals surface area contributed by atoms with Gasteiger partial charge in [-0.05, 0) is 29.8 Å². The van der Waals surface area contributed by atoms with Gasteiger partial charge in [-0.25, -0.2) is 4.79 Å². The second kappa shape index (κ2) is 7.38. The number of amides is 2.